The van der Waals surface area contributed by atoms with Crippen LogP contribution in [0.1, 0.15) is 6.04 Å². The van der Waals surface area contributed by atoms with Crippen molar-refractivity contribution in [2.75, 3.05) is 20.3 Å². The van der Waals surface area contributed by atoms with Crippen LogP contribution in [0.25, 0.3) is 0 Å². The van der Waals surface area contributed by atoms with Crippen molar-refractivity contribution in [2.45, 2.75) is 12.1 Å². The summed E-state index contributed by atoms with van der Waals surface area (Å²) in [5, 5.41) is 4.21. The Balaban J connectivity index is 2.15. The second kappa shape index (κ2) is 3.77. The van der Waals surface area contributed by atoms with Gasteiger partial charge in [0, 0.05) is 13.3 Å². The van der Waals surface area contributed by atoms with Gasteiger partial charge in [-0.25, -0.2) is 0 Å². The molecule has 2 heterocycles. The predicted molar refractivity (Wildman–Crippen MR) is 50.6 cm³/mol. The smallest absolute Gasteiger partial charge is 0.105 e. The van der Waals surface area contributed by atoms with E-state index in [2.05, 4.69) is 21.0 Å². The van der Waals surface area contributed by atoms with Crippen LogP contribution < -0.4 is 0 Å². The summed E-state index contributed by atoms with van der Waals surface area (Å²) >= 11 is 3.36. The van der Waals surface area contributed by atoms with Gasteiger partial charge in [-0.1, -0.05) is 0 Å². The van der Waals surface area contributed by atoms with Crippen LogP contribution in [0.2, 0.25) is 0 Å². The van der Waals surface area contributed by atoms with E-state index < -0.39 is 0 Å². The molecule has 1 aliphatic rings. The monoisotopic (exact) mass is 246 g/mol. The van der Waals surface area contributed by atoms with Crippen molar-refractivity contribution >= 4 is 15.9 Å². The Bertz CT molecular complexity index is 289. The Morgan fingerprint density at radius 3 is 3.15 bits per heavy atom. The first-order chi connectivity index (χ1) is 6.31. The normalized spacial score (nSPS) is 28.2. The number of methoxy groups -OCH3 is 1. The average molecular weight is 247 g/mol. The van der Waals surface area contributed by atoms with E-state index in [-0.39, 0.29) is 12.1 Å². The number of hydrogen-bond donors (Lipinski definition) is 0. The predicted octanol–water partition coefficient (Wildman–Crippen LogP) is 1.23. The Morgan fingerprint density at radius 1 is 1.69 bits per heavy atom. The van der Waals surface area contributed by atoms with Crippen molar-refractivity contribution < 1.29 is 9.47 Å². The maximum atomic E-state index is 5.32. The molecule has 4 nitrogen and oxygen atoms in total. The van der Waals surface area contributed by atoms with Crippen LogP contribution in [-0.2, 0) is 9.47 Å². The second-order valence-corrected chi connectivity index (χ2v) is 3.93. The number of hydrogen-bond acceptors (Lipinski definition) is 3. The van der Waals surface area contributed by atoms with E-state index in [0.29, 0.717) is 13.2 Å². The summed E-state index contributed by atoms with van der Waals surface area (Å²) in [6.45, 7) is 1.32. The maximum Gasteiger partial charge on any atom is 0.105 e. The minimum atomic E-state index is 0.117. The fourth-order valence-electron chi connectivity index (χ4n) is 1.49. The first-order valence-corrected chi connectivity index (χ1v) is 4.91. The summed E-state index contributed by atoms with van der Waals surface area (Å²) in [7, 11) is 1.70. The molecule has 0 aromatic carbocycles. The minimum absolute atomic E-state index is 0.117. The van der Waals surface area contributed by atoms with Gasteiger partial charge in [-0.2, -0.15) is 5.10 Å². The molecular weight excluding hydrogens is 236 g/mol. The average Bonchev–Trinajstić information content (AvgIpc) is 2.71. The van der Waals surface area contributed by atoms with Crippen molar-refractivity contribution in [1.29, 1.82) is 0 Å². The van der Waals surface area contributed by atoms with Gasteiger partial charge in [0.25, 0.3) is 0 Å². The van der Waals surface area contributed by atoms with Crippen molar-refractivity contribution in [1.82, 2.24) is 9.78 Å². The van der Waals surface area contributed by atoms with Gasteiger partial charge < -0.3 is 9.47 Å². The Morgan fingerprint density at radius 2 is 2.54 bits per heavy atom. The van der Waals surface area contributed by atoms with E-state index in [0.717, 1.165) is 4.47 Å². The molecule has 1 aliphatic heterocycles. The highest BCUT2D eigenvalue weighted by atomic mass is 79.9. The zero-order valence-corrected chi connectivity index (χ0v) is 8.90. The summed E-state index contributed by atoms with van der Waals surface area (Å²) in [6, 6.07) is 0.205. The number of aromatic nitrogens is 2. The standard InChI is InChI=1S/C8H11BrN2O2/c1-12-8-5-13-4-7(8)11-3-6(9)2-10-11/h2-3,7-8H,4-5H2,1H3/t7-,8-/m0/s1. The van der Waals surface area contributed by atoms with Crippen molar-refractivity contribution in [3.8, 4) is 0 Å². The molecule has 13 heavy (non-hydrogen) atoms. The molecule has 0 aliphatic carbocycles. The molecule has 0 unspecified atom stereocenters. The molecule has 1 fully saturated rings. The van der Waals surface area contributed by atoms with E-state index in [4.69, 9.17) is 9.47 Å². The minimum Gasteiger partial charge on any atom is -0.377 e. The summed E-state index contributed by atoms with van der Waals surface area (Å²) in [5.41, 5.74) is 0. The lowest BCUT2D eigenvalue weighted by Crippen LogP contribution is -2.24. The first-order valence-electron chi connectivity index (χ1n) is 4.11. The molecule has 1 saturated heterocycles. The van der Waals surface area contributed by atoms with Crippen molar-refractivity contribution in [3.63, 3.8) is 0 Å². The van der Waals surface area contributed by atoms with E-state index in [1.807, 2.05) is 10.9 Å². The topological polar surface area (TPSA) is 36.3 Å². The molecule has 2 rings (SSSR count). The highest BCUT2D eigenvalue weighted by Gasteiger charge is 2.30. The Kier molecular flexibility index (Phi) is 2.66. The van der Waals surface area contributed by atoms with Gasteiger partial charge in [0.05, 0.1) is 23.9 Å². The quantitative estimate of drug-likeness (QED) is 0.788. The lowest BCUT2D eigenvalue weighted by atomic mass is 10.2. The Labute approximate surface area is 85.0 Å². The second-order valence-electron chi connectivity index (χ2n) is 3.02. The van der Waals surface area contributed by atoms with Crippen LogP contribution in [0.3, 0.4) is 0 Å². The molecule has 0 spiro atoms. The molecular formula is C8H11BrN2O2. The number of ether oxygens (including phenoxy) is 2. The van der Waals surface area contributed by atoms with E-state index in [1.165, 1.54) is 0 Å². The molecule has 0 bridgehead atoms. The number of rotatable bonds is 2. The third-order valence-electron chi connectivity index (χ3n) is 2.21. The van der Waals surface area contributed by atoms with Gasteiger partial charge in [-0.3, -0.25) is 4.68 Å². The summed E-state index contributed by atoms with van der Waals surface area (Å²) in [5.74, 6) is 0. The van der Waals surface area contributed by atoms with E-state index in [1.54, 1.807) is 13.3 Å². The zero-order valence-electron chi connectivity index (χ0n) is 7.31. The largest absolute Gasteiger partial charge is 0.377 e. The molecule has 0 saturated carbocycles. The lowest BCUT2D eigenvalue weighted by molar-refractivity contribution is 0.0665. The summed E-state index contributed by atoms with van der Waals surface area (Å²) in [4.78, 5) is 0. The molecule has 0 radical (unpaired) electrons. The molecule has 0 amide bonds. The van der Waals surface area contributed by atoms with Gasteiger partial charge in [0.15, 0.2) is 0 Å². The van der Waals surface area contributed by atoms with Crippen LogP contribution in [0.4, 0.5) is 0 Å². The van der Waals surface area contributed by atoms with Crippen LogP contribution >= 0.6 is 15.9 Å². The fraction of sp³-hybridized carbons (Fsp3) is 0.625. The summed E-state index contributed by atoms with van der Waals surface area (Å²) in [6.07, 6.45) is 3.82. The molecule has 1 aromatic heterocycles. The third-order valence-corrected chi connectivity index (χ3v) is 2.62. The van der Waals surface area contributed by atoms with Gasteiger partial charge in [0.1, 0.15) is 12.1 Å². The lowest BCUT2D eigenvalue weighted by Gasteiger charge is -2.15. The van der Waals surface area contributed by atoms with E-state index in [9.17, 15) is 0 Å². The SMILES string of the molecule is CO[C@H]1COC[C@@H]1n1cc(Br)cn1. The first kappa shape index (κ1) is 9.18. The summed E-state index contributed by atoms with van der Waals surface area (Å²) < 4.78 is 13.5. The van der Waals surface area contributed by atoms with Crippen LogP contribution in [0.5, 0.6) is 0 Å². The molecule has 5 heteroatoms. The van der Waals surface area contributed by atoms with Crippen LogP contribution in [0, 0.1) is 0 Å². The van der Waals surface area contributed by atoms with Gasteiger partial charge >= 0.3 is 0 Å². The number of halogens is 1. The fourth-order valence-corrected chi connectivity index (χ4v) is 1.79. The van der Waals surface area contributed by atoms with Gasteiger partial charge in [-0.05, 0) is 15.9 Å². The number of nitrogens with zero attached hydrogens (tertiary/aromatic N) is 2. The zero-order chi connectivity index (χ0) is 9.26. The molecule has 72 valence electrons. The van der Waals surface area contributed by atoms with Crippen molar-refractivity contribution in [2.24, 2.45) is 0 Å². The highest BCUT2D eigenvalue weighted by Crippen LogP contribution is 2.22. The van der Waals surface area contributed by atoms with Crippen LogP contribution in [0.15, 0.2) is 16.9 Å². The third kappa shape index (κ3) is 1.77. The van der Waals surface area contributed by atoms with Gasteiger partial charge in [-0.15, -0.1) is 0 Å². The molecule has 2 atom stereocenters. The highest BCUT2D eigenvalue weighted by molar-refractivity contribution is 9.10. The molecule has 1 aromatic rings. The van der Waals surface area contributed by atoms with E-state index >= 15 is 0 Å². The van der Waals surface area contributed by atoms with Crippen molar-refractivity contribution in [3.05, 3.63) is 16.9 Å². The van der Waals surface area contributed by atoms with Gasteiger partial charge in [0.2, 0.25) is 0 Å². The van der Waals surface area contributed by atoms with Crippen LogP contribution in [-0.4, -0.2) is 36.2 Å². The molecule has 0 N–H and O–H groups in total. The Hall–Kier alpha value is -0.390. The maximum absolute atomic E-state index is 5.32.